The van der Waals surface area contributed by atoms with Crippen molar-refractivity contribution in [3.05, 3.63) is 16.1 Å². The number of hydrogen-bond donors (Lipinski definition) is 1. The molecule has 2 rings (SSSR count). The zero-order chi connectivity index (χ0) is 11.2. The summed E-state index contributed by atoms with van der Waals surface area (Å²) in [5, 5.41) is 6.66. The summed E-state index contributed by atoms with van der Waals surface area (Å²) in [6.45, 7) is 8.74. The lowest BCUT2D eigenvalue weighted by molar-refractivity contribution is 0.0341. The molecule has 1 fully saturated rings. The summed E-state index contributed by atoms with van der Waals surface area (Å²) in [7, 11) is 0. The highest BCUT2D eigenvalue weighted by Crippen LogP contribution is 2.13. The fourth-order valence-corrected chi connectivity index (χ4v) is 2.54. The summed E-state index contributed by atoms with van der Waals surface area (Å²) >= 11 is 1.76. The van der Waals surface area contributed by atoms with Crippen LogP contribution in [0.3, 0.4) is 0 Å². The molecule has 0 aliphatic carbocycles. The summed E-state index contributed by atoms with van der Waals surface area (Å²) < 4.78 is 5.33. The molecule has 1 aliphatic heterocycles. The zero-order valence-corrected chi connectivity index (χ0v) is 10.6. The van der Waals surface area contributed by atoms with Crippen LogP contribution >= 0.6 is 11.3 Å². The number of ether oxygens (including phenoxy) is 1. The van der Waals surface area contributed by atoms with Gasteiger partial charge in [-0.15, -0.1) is 11.3 Å². The van der Waals surface area contributed by atoms with Crippen molar-refractivity contribution in [1.29, 1.82) is 0 Å². The van der Waals surface area contributed by atoms with Gasteiger partial charge in [-0.05, 0) is 6.54 Å². The van der Waals surface area contributed by atoms with E-state index >= 15 is 0 Å². The standard InChI is InChI=1S/C11H19N3OS/c1-2-12-7-10-9-16-11(13-10)8-14-3-5-15-6-4-14/h9,12H,2-8H2,1H3. The van der Waals surface area contributed by atoms with Gasteiger partial charge in [0.1, 0.15) is 5.01 Å². The van der Waals surface area contributed by atoms with Gasteiger partial charge in [0.15, 0.2) is 0 Å². The van der Waals surface area contributed by atoms with Crippen LogP contribution in [0.4, 0.5) is 0 Å². The van der Waals surface area contributed by atoms with Gasteiger partial charge in [0.2, 0.25) is 0 Å². The maximum Gasteiger partial charge on any atom is 0.107 e. The number of morpholine rings is 1. The van der Waals surface area contributed by atoms with Gasteiger partial charge in [-0.3, -0.25) is 4.90 Å². The Morgan fingerprint density at radius 2 is 2.31 bits per heavy atom. The molecule has 5 heteroatoms. The number of hydrogen-bond acceptors (Lipinski definition) is 5. The normalized spacial score (nSPS) is 17.8. The SMILES string of the molecule is CCNCc1csc(CN2CCOCC2)n1. The molecule has 4 nitrogen and oxygen atoms in total. The Morgan fingerprint density at radius 3 is 3.06 bits per heavy atom. The van der Waals surface area contributed by atoms with E-state index in [1.807, 2.05) is 0 Å². The van der Waals surface area contributed by atoms with E-state index in [4.69, 9.17) is 4.74 Å². The number of thiazole rings is 1. The van der Waals surface area contributed by atoms with Crippen molar-refractivity contribution in [2.45, 2.75) is 20.0 Å². The van der Waals surface area contributed by atoms with Crippen molar-refractivity contribution in [2.75, 3.05) is 32.8 Å². The third-order valence-electron chi connectivity index (χ3n) is 2.62. The van der Waals surface area contributed by atoms with Crippen molar-refractivity contribution < 1.29 is 4.74 Å². The molecule has 1 aromatic heterocycles. The molecular weight excluding hydrogens is 222 g/mol. The van der Waals surface area contributed by atoms with E-state index in [1.54, 1.807) is 11.3 Å². The second kappa shape index (κ2) is 6.30. The Bertz CT molecular complexity index is 310. The van der Waals surface area contributed by atoms with Gasteiger partial charge in [0.25, 0.3) is 0 Å². The van der Waals surface area contributed by atoms with Crippen LogP contribution in [0.25, 0.3) is 0 Å². The highest BCUT2D eigenvalue weighted by Gasteiger charge is 2.12. The number of nitrogens with one attached hydrogen (secondary N) is 1. The quantitative estimate of drug-likeness (QED) is 0.837. The molecule has 0 atom stereocenters. The molecule has 1 N–H and O–H groups in total. The molecule has 1 saturated heterocycles. The van der Waals surface area contributed by atoms with E-state index in [9.17, 15) is 0 Å². The summed E-state index contributed by atoms with van der Waals surface area (Å²) in [5.74, 6) is 0. The lowest BCUT2D eigenvalue weighted by Crippen LogP contribution is -2.35. The Morgan fingerprint density at radius 1 is 1.50 bits per heavy atom. The van der Waals surface area contributed by atoms with E-state index in [0.717, 1.165) is 51.6 Å². The first-order valence-electron chi connectivity index (χ1n) is 5.82. The van der Waals surface area contributed by atoms with Crippen molar-refractivity contribution in [1.82, 2.24) is 15.2 Å². The van der Waals surface area contributed by atoms with Gasteiger partial charge in [0, 0.05) is 25.0 Å². The maximum absolute atomic E-state index is 5.33. The van der Waals surface area contributed by atoms with Crippen molar-refractivity contribution in [3.63, 3.8) is 0 Å². The third-order valence-corrected chi connectivity index (χ3v) is 3.50. The smallest absolute Gasteiger partial charge is 0.107 e. The van der Waals surface area contributed by atoms with E-state index < -0.39 is 0 Å². The molecule has 0 unspecified atom stereocenters. The Labute approximate surface area is 101 Å². The third kappa shape index (κ3) is 3.52. The minimum Gasteiger partial charge on any atom is -0.379 e. The van der Waals surface area contributed by atoms with Gasteiger partial charge < -0.3 is 10.1 Å². The number of aromatic nitrogens is 1. The maximum atomic E-state index is 5.33. The molecule has 0 radical (unpaired) electrons. The Hall–Kier alpha value is -0.490. The molecule has 1 aromatic rings. The highest BCUT2D eigenvalue weighted by molar-refractivity contribution is 7.09. The second-order valence-electron chi connectivity index (χ2n) is 3.90. The van der Waals surface area contributed by atoms with Crippen molar-refractivity contribution in [2.24, 2.45) is 0 Å². The summed E-state index contributed by atoms with van der Waals surface area (Å²) in [5.41, 5.74) is 1.16. The van der Waals surface area contributed by atoms with Gasteiger partial charge in [0.05, 0.1) is 25.5 Å². The molecule has 0 spiro atoms. The first-order chi connectivity index (χ1) is 7.88. The molecule has 0 bridgehead atoms. The van der Waals surface area contributed by atoms with Crippen LogP contribution in [0.2, 0.25) is 0 Å². The molecule has 2 heterocycles. The fourth-order valence-electron chi connectivity index (χ4n) is 1.71. The molecule has 0 saturated carbocycles. The largest absolute Gasteiger partial charge is 0.379 e. The monoisotopic (exact) mass is 241 g/mol. The molecule has 90 valence electrons. The van der Waals surface area contributed by atoms with Crippen LogP contribution in [0.1, 0.15) is 17.6 Å². The average Bonchev–Trinajstić information content (AvgIpc) is 2.75. The van der Waals surface area contributed by atoms with Crippen molar-refractivity contribution in [3.8, 4) is 0 Å². The molecule has 1 aliphatic rings. The van der Waals surface area contributed by atoms with E-state index in [1.165, 1.54) is 5.01 Å². The second-order valence-corrected chi connectivity index (χ2v) is 4.84. The van der Waals surface area contributed by atoms with Crippen LogP contribution in [-0.4, -0.2) is 42.7 Å². The predicted molar refractivity (Wildman–Crippen MR) is 65.6 cm³/mol. The summed E-state index contributed by atoms with van der Waals surface area (Å²) in [6, 6.07) is 0. The minimum atomic E-state index is 0.857. The van der Waals surface area contributed by atoms with Gasteiger partial charge in [-0.2, -0.15) is 0 Å². The van der Waals surface area contributed by atoms with Crippen LogP contribution in [0.5, 0.6) is 0 Å². The molecular formula is C11H19N3OS. The Balaban J connectivity index is 1.81. The predicted octanol–water partition coefficient (Wildman–Crippen LogP) is 1.08. The lowest BCUT2D eigenvalue weighted by Gasteiger charge is -2.25. The lowest BCUT2D eigenvalue weighted by atomic mass is 10.4. The van der Waals surface area contributed by atoms with Crippen LogP contribution in [0, 0.1) is 0 Å². The van der Waals surface area contributed by atoms with Crippen molar-refractivity contribution >= 4 is 11.3 Å². The van der Waals surface area contributed by atoms with E-state index in [-0.39, 0.29) is 0 Å². The Kier molecular flexibility index (Phi) is 4.71. The van der Waals surface area contributed by atoms with Gasteiger partial charge in [-0.1, -0.05) is 6.92 Å². The summed E-state index contributed by atoms with van der Waals surface area (Å²) in [4.78, 5) is 7.02. The topological polar surface area (TPSA) is 37.4 Å². The molecule has 0 amide bonds. The van der Waals surface area contributed by atoms with E-state index in [0.29, 0.717) is 0 Å². The number of nitrogens with zero attached hydrogens (tertiary/aromatic N) is 2. The first kappa shape index (κ1) is 12.0. The number of rotatable bonds is 5. The van der Waals surface area contributed by atoms with Gasteiger partial charge >= 0.3 is 0 Å². The molecule has 0 aromatic carbocycles. The van der Waals surface area contributed by atoms with E-state index in [2.05, 4.69) is 27.5 Å². The highest BCUT2D eigenvalue weighted by atomic mass is 32.1. The van der Waals surface area contributed by atoms with Crippen LogP contribution in [-0.2, 0) is 17.8 Å². The minimum absolute atomic E-state index is 0.857. The van der Waals surface area contributed by atoms with Gasteiger partial charge in [-0.25, -0.2) is 4.98 Å². The zero-order valence-electron chi connectivity index (χ0n) is 9.74. The fraction of sp³-hybridized carbons (Fsp3) is 0.727. The molecule has 16 heavy (non-hydrogen) atoms. The summed E-state index contributed by atoms with van der Waals surface area (Å²) in [6.07, 6.45) is 0. The van der Waals surface area contributed by atoms with Crippen LogP contribution < -0.4 is 5.32 Å². The average molecular weight is 241 g/mol. The first-order valence-corrected chi connectivity index (χ1v) is 6.70. The van der Waals surface area contributed by atoms with Crippen LogP contribution in [0.15, 0.2) is 5.38 Å².